The summed E-state index contributed by atoms with van der Waals surface area (Å²) in [5, 5.41) is 7.38. The zero-order valence-electron chi connectivity index (χ0n) is 16.6. The van der Waals surface area contributed by atoms with E-state index >= 15 is 0 Å². The van der Waals surface area contributed by atoms with Crippen LogP contribution in [0.15, 0.2) is 30.3 Å². The number of amides is 4. The van der Waals surface area contributed by atoms with Gasteiger partial charge in [0.1, 0.15) is 17.5 Å². The molecule has 0 aliphatic carbocycles. The lowest BCUT2D eigenvalue weighted by atomic mass is 9.89. The van der Waals surface area contributed by atoms with Crippen LogP contribution in [-0.2, 0) is 9.59 Å². The first-order valence-electron chi connectivity index (χ1n) is 9.81. The van der Waals surface area contributed by atoms with Gasteiger partial charge in [-0.05, 0) is 36.8 Å². The summed E-state index contributed by atoms with van der Waals surface area (Å²) in [5.41, 5.74) is 0.102. The highest BCUT2D eigenvalue weighted by Crippen LogP contribution is 2.33. The highest BCUT2D eigenvalue weighted by molar-refractivity contribution is 6.30. The van der Waals surface area contributed by atoms with Gasteiger partial charge >= 0.3 is 6.03 Å². The number of rotatable bonds is 4. The lowest BCUT2D eigenvalue weighted by Gasteiger charge is -2.41. The number of piperidine rings is 1. The van der Waals surface area contributed by atoms with Crippen LogP contribution in [-0.4, -0.2) is 37.0 Å². The molecule has 2 fully saturated rings. The molecule has 11 heteroatoms. The summed E-state index contributed by atoms with van der Waals surface area (Å²) in [4.78, 5) is 37.0. The molecule has 168 valence electrons. The molecule has 3 N–H and O–H groups in total. The number of halogens is 4. The van der Waals surface area contributed by atoms with Gasteiger partial charge in [0.2, 0.25) is 11.8 Å². The summed E-state index contributed by atoms with van der Waals surface area (Å²) in [7, 11) is 0. The van der Waals surface area contributed by atoms with Gasteiger partial charge in [-0.15, -0.1) is 0 Å². The molecule has 1 atom stereocenters. The molecule has 4 amide bonds. The van der Waals surface area contributed by atoms with Gasteiger partial charge in [0.25, 0.3) is 0 Å². The molecule has 2 aliphatic heterocycles. The van der Waals surface area contributed by atoms with Gasteiger partial charge < -0.3 is 15.5 Å². The molecular formula is C21H18ClF3N4O3. The molecule has 2 aromatic rings. The maximum absolute atomic E-state index is 14.6. The molecule has 4 rings (SSSR count). The number of urea groups is 1. The summed E-state index contributed by atoms with van der Waals surface area (Å²) >= 11 is 5.75. The largest absolute Gasteiger partial charge is 0.367 e. The van der Waals surface area contributed by atoms with Gasteiger partial charge in [-0.25, -0.2) is 18.0 Å². The summed E-state index contributed by atoms with van der Waals surface area (Å²) in [6, 6.07) is 5.03. The number of hydrogen-bond donors (Lipinski definition) is 3. The number of nitrogens with zero attached hydrogens (tertiary/aromatic N) is 1. The fourth-order valence-electron chi connectivity index (χ4n) is 3.81. The van der Waals surface area contributed by atoms with Crippen molar-refractivity contribution in [2.45, 2.75) is 24.8 Å². The monoisotopic (exact) mass is 466 g/mol. The minimum absolute atomic E-state index is 0.0143. The standard InChI is InChI=1S/C21H18ClF3N4O3/c22-10-3-11(23)5-12(4-10)26-21(32)27-13-8-29(9-13)14-6-16(24)19(17(25)7-14)15-1-2-18(30)28-20(15)31/h3-7,13,15H,1-2,8-9H2,(H2,26,27,32)(H,28,30,31). The Balaban J connectivity index is 1.36. The quantitative estimate of drug-likeness (QED) is 0.603. The van der Waals surface area contributed by atoms with Gasteiger partial charge in [-0.2, -0.15) is 0 Å². The van der Waals surface area contributed by atoms with Crippen LogP contribution in [0.2, 0.25) is 5.02 Å². The average molecular weight is 467 g/mol. The smallest absolute Gasteiger partial charge is 0.319 e. The predicted molar refractivity (Wildman–Crippen MR) is 111 cm³/mol. The van der Waals surface area contributed by atoms with Gasteiger partial charge in [0.05, 0.1) is 12.0 Å². The third kappa shape index (κ3) is 4.64. The van der Waals surface area contributed by atoms with Crippen molar-refractivity contribution in [3.05, 3.63) is 58.4 Å². The number of nitrogens with one attached hydrogen (secondary N) is 3. The van der Waals surface area contributed by atoms with E-state index in [-0.39, 0.29) is 40.8 Å². The van der Waals surface area contributed by atoms with Gasteiger partial charge in [-0.1, -0.05) is 11.6 Å². The molecule has 0 saturated carbocycles. The number of anilines is 2. The van der Waals surface area contributed by atoms with Crippen LogP contribution in [0, 0.1) is 17.5 Å². The Morgan fingerprint density at radius 1 is 1.06 bits per heavy atom. The molecule has 2 aromatic carbocycles. The van der Waals surface area contributed by atoms with Crippen molar-refractivity contribution < 1.29 is 27.6 Å². The number of benzene rings is 2. The predicted octanol–water partition coefficient (Wildman–Crippen LogP) is 3.29. The average Bonchev–Trinajstić information content (AvgIpc) is 2.64. The van der Waals surface area contributed by atoms with Crippen LogP contribution in [0.1, 0.15) is 24.3 Å². The topological polar surface area (TPSA) is 90.5 Å². The zero-order valence-corrected chi connectivity index (χ0v) is 17.3. The first kappa shape index (κ1) is 21.9. The number of carbonyl (C=O) groups is 3. The van der Waals surface area contributed by atoms with Crippen LogP contribution >= 0.6 is 11.6 Å². The highest BCUT2D eigenvalue weighted by atomic mass is 35.5. The Kier molecular flexibility index (Phi) is 5.96. The summed E-state index contributed by atoms with van der Waals surface area (Å²) in [6.45, 7) is 0.599. The second kappa shape index (κ2) is 8.70. The van der Waals surface area contributed by atoms with Crippen LogP contribution in [0.25, 0.3) is 0 Å². The van der Waals surface area contributed by atoms with E-state index in [1.54, 1.807) is 4.90 Å². The number of carbonyl (C=O) groups excluding carboxylic acids is 3. The second-order valence-corrected chi connectivity index (χ2v) is 8.12. The molecule has 1 unspecified atom stereocenters. The van der Waals surface area contributed by atoms with Crippen LogP contribution < -0.4 is 20.9 Å². The first-order chi connectivity index (χ1) is 15.2. The molecule has 2 aliphatic rings. The molecule has 2 saturated heterocycles. The molecule has 0 radical (unpaired) electrons. The van der Waals surface area contributed by atoms with E-state index in [4.69, 9.17) is 11.6 Å². The van der Waals surface area contributed by atoms with Gasteiger partial charge in [0.15, 0.2) is 0 Å². The van der Waals surface area contributed by atoms with Crippen molar-refractivity contribution in [2.75, 3.05) is 23.3 Å². The first-order valence-corrected chi connectivity index (χ1v) is 10.2. The summed E-state index contributed by atoms with van der Waals surface area (Å²) in [6.07, 6.45) is 0.0552. The maximum Gasteiger partial charge on any atom is 0.319 e. The fraction of sp³-hybridized carbons (Fsp3) is 0.286. The van der Waals surface area contributed by atoms with E-state index in [0.717, 1.165) is 24.3 Å². The Morgan fingerprint density at radius 2 is 1.75 bits per heavy atom. The van der Waals surface area contributed by atoms with Crippen molar-refractivity contribution in [1.29, 1.82) is 0 Å². The third-order valence-electron chi connectivity index (χ3n) is 5.35. The lowest BCUT2D eigenvalue weighted by molar-refractivity contribution is -0.134. The van der Waals surface area contributed by atoms with E-state index in [1.807, 2.05) is 0 Å². The lowest BCUT2D eigenvalue weighted by Crippen LogP contribution is -2.60. The van der Waals surface area contributed by atoms with E-state index in [2.05, 4.69) is 16.0 Å². The highest BCUT2D eigenvalue weighted by Gasteiger charge is 2.34. The van der Waals surface area contributed by atoms with Crippen LogP contribution in [0.4, 0.5) is 29.3 Å². The zero-order chi connectivity index (χ0) is 23.0. The van der Waals surface area contributed by atoms with E-state index < -0.39 is 41.2 Å². The molecule has 32 heavy (non-hydrogen) atoms. The van der Waals surface area contributed by atoms with E-state index in [0.29, 0.717) is 13.1 Å². The Morgan fingerprint density at radius 3 is 2.38 bits per heavy atom. The maximum atomic E-state index is 14.6. The SMILES string of the molecule is O=C1CCC(c2c(F)cc(N3CC(NC(=O)Nc4cc(F)cc(Cl)c4)C3)cc2F)C(=O)N1. The molecule has 0 bridgehead atoms. The van der Waals surface area contributed by atoms with E-state index in [9.17, 15) is 27.6 Å². The van der Waals surface area contributed by atoms with Crippen molar-refractivity contribution in [3.63, 3.8) is 0 Å². The minimum Gasteiger partial charge on any atom is -0.367 e. The molecule has 0 spiro atoms. The number of hydrogen-bond acceptors (Lipinski definition) is 4. The van der Waals surface area contributed by atoms with Crippen LogP contribution in [0.3, 0.4) is 0 Å². The van der Waals surface area contributed by atoms with Crippen molar-refractivity contribution >= 4 is 40.8 Å². The molecular weight excluding hydrogens is 449 g/mol. The fourth-order valence-corrected chi connectivity index (χ4v) is 4.04. The van der Waals surface area contributed by atoms with Gasteiger partial charge in [0, 0.05) is 41.5 Å². The van der Waals surface area contributed by atoms with Crippen molar-refractivity contribution in [3.8, 4) is 0 Å². The van der Waals surface area contributed by atoms with E-state index in [1.165, 1.54) is 6.07 Å². The van der Waals surface area contributed by atoms with Crippen molar-refractivity contribution in [2.24, 2.45) is 0 Å². The third-order valence-corrected chi connectivity index (χ3v) is 5.57. The molecule has 0 aromatic heterocycles. The Labute approximate surface area is 185 Å². The molecule has 7 nitrogen and oxygen atoms in total. The van der Waals surface area contributed by atoms with Gasteiger partial charge in [-0.3, -0.25) is 14.9 Å². The number of imide groups is 1. The molecule has 2 heterocycles. The minimum atomic E-state index is -1.06. The Bertz CT molecular complexity index is 1060. The normalized spacial score (nSPS) is 18.8. The Hall–Kier alpha value is -3.27. The van der Waals surface area contributed by atoms with Crippen LogP contribution in [0.5, 0.6) is 0 Å². The summed E-state index contributed by atoms with van der Waals surface area (Å²) in [5.74, 6) is -4.57. The summed E-state index contributed by atoms with van der Waals surface area (Å²) < 4.78 is 42.6. The van der Waals surface area contributed by atoms with Crippen molar-refractivity contribution in [1.82, 2.24) is 10.6 Å². The second-order valence-electron chi connectivity index (χ2n) is 7.69.